The van der Waals surface area contributed by atoms with Crippen molar-refractivity contribution in [3.8, 4) is 6.07 Å². The molecule has 0 N–H and O–H groups in total. The van der Waals surface area contributed by atoms with Gasteiger partial charge < -0.3 is 0 Å². The van der Waals surface area contributed by atoms with Crippen LogP contribution in [0.1, 0.15) is 11.3 Å². The number of pyridine rings is 1. The topological polar surface area (TPSA) is 36.9 Å². The van der Waals surface area contributed by atoms with Crippen LogP contribution in [0.25, 0.3) is 0 Å². The van der Waals surface area contributed by atoms with Crippen LogP contribution in [-0.4, -0.2) is 7.11 Å². The Bertz CT molecular complexity index is 344. The van der Waals surface area contributed by atoms with Crippen LogP contribution < -0.4 is 9.57 Å². The number of hydrogen-bond donors (Lipinski definition) is 0. The van der Waals surface area contributed by atoms with Gasteiger partial charge in [-0.1, -0.05) is 11.6 Å². The van der Waals surface area contributed by atoms with Crippen LogP contribution in [0.4, 0.5) is 0 Å². The summed E-state index contributed by atoms with van der Waals surface area (Å²) in [5.74, 6) is 0. The van der Waals surface area contributed by atoms with E-state index in [4.69, 9.17) is 21.7 Å². The van der Waals surface area contributed by atoms with Gasteiger partial charge in [0.2, 0.25) is 11.9 Å². The van der Waals surface area contributed by atoms with Gasteiger partial charge in [0.1, 0.15) is 23.8 Å². The van der Waals surface area contributed by atoms with Crippen molar-refractivity contribution in [1.29, 1.82) is 5.26 Å². The van der Waals surface area contributed by atoms with Crippen LogP contribution in [-0.2, 0) is 0 Å². The molecule has 4 heteroatoms. The molecular formula is C8H8ClN2O+. The summed E-state index contributed by atoms with van der Waals surface area (Å²) in [7, 11) is 1.52. The highest BCUT2D eigenvalue weighted by Crippen LogP contribution is 2.11. The lowest BCUT2D eigenvalue weighted by atomic mass is 10.3. The first-order valence-corrected chi connectivity index (χ1v) is 3.73. The molecular weight excluding hydrogens is 176 g/mol. The third-order valence-electron chi connectivity index (χ3n) is 1.54. The molecule has 0 radical (unpaired) electrons. The molecule has 62 valence electrons. The van der Waals surface area contributed by atoms with E-state index in [9.17, 15) is 0 Å². The fraction of sp³-hybridized carbons (Fsp3) is 0.250. The molecule has 0 amide bonds. The molecule has 12 heavy (non-hydrogen) atoms. The Hall–Kier alpha value is -1.27. The number of rotatable bonds is 1. The third kappa shape index (κ3) is 1.49. The van der Waals surface area contributed by atoms with Crippen molar-refractivity contribution in [2.75, 3.05) is 7.11 Å². The average molecular weight is 184 g/mol. The van der Waals surface area contributed by atoms with Crippen molar-refractivity contribution in [2.24, 2.45) is 0 Å². The Morgan fingerprint density at radius 1 is 1.67 bits per heavy atom. The third-order valence-corrected chi connectivity index (χ3v) is 1.92. The average Bonchev–Trinajstić information content (AvgIpc) is 2.09. The van der Waals surface area contributed by atoms with Gasteiger partial charge in [-0.25, -0.2) is 0 Å². The molecule has 0 aliphatic rings. The smallest absolute Gasteiger partial charge is 0.249 e. The minimum absolute atomic E-state index is 0.479. The minimum atomic E-state index is 0.479. The van der Waals surface area contributed by atoms with E-state index >= 15 is 0 Å². The molecule has 0 spiro atoms. The first-order chi connectivity index (χ1) is 5.69. The molecule has 0 bridgehead atoms. The summed E-state index contributed by atoms with van der Waals surface area (Å²) in [6, 6.07) is 3.59. The van der Waals surface area contributed by atoms with Crippen LogP contribution in [0.3, 0.4) is 0 Å². The van der Waals surface area contributed by atoms with Gasteiger partial charge >= 0.3 is 0 Å². The van der Waals surface area contributed by atoms with E-state index in [1.54, 1.807) is 12.3 Å². The zero-order valence-electron chi connectivity index (χ0n) is 6.84. The van der Waals surface area contributed by atoms with Crippen molar-refractivity contribution in [1.82, 2.24) is 0 Å². The van der Waals surface area contributed by atoms with Gasteiger partial charge in [-0.15, -0.1) is 0 Å². The van der Waals surface area contributed by atoms with Crippen molar-refractivity contribution in [2.45, 2.75) is 6.92 Å². The Morgan fingerprint density at radius 2 is 2.33 bits per heavy atom. The molecule has 0 atom stereocenters. The Labute approximate surface area is 75.7 Å². The van der Waals surface area contributed by atoms with Crippen molar-refractivity contribution in [3.05, 3.63) is 28.5 Å². The number of nitriles is 1. The second-order valence-corrected chi connectivity index (χ2v) is 2.69. The van der Waals surface area contributed by atoms with E-state index in [1.165, 1.54) is 11.8 Å². The van der Waals surface area contributed by atoms with Gasteiger partial charge in [0, 0.05) is 11.7 Å². The monoisotopic (exact) mass is 183 g/mol. The summed E-state index contributed by atoms with van der Waals surface area (Å²) in [6.45, 7) is 1.81. The van der Waals surface area contributed by atoms with Gasteiger partial charge in [0.25, 0.3) is 0 Å². The first kappa shape index (κ1) is 8.82. The highest BCUT2D eigenvalue weighted by molar-refractivity contribution is 6.31. The fourth-order valence-corrected chi connectivity index (χ4v) is 1.06. The molecule has 0 unspecified atom stereocenters. The normalized spacial score (nSPS) is 9.17. The first-order valence-electron chi connectivity index (χ1n) is 3.35. The molecule has 1 rings (SSSR count). The van der Waals surface area contributed by atoms with E-state index in [2.05, 4.69) is 0 Å². The van der Waals surface area contributed by atoms with Crippen LogP contribution in [0.5, 0.6) is 0 Å². The lowest BCUT2D eigenvalue weighted by molar-refractivity contribution is -0.889. The summed E-state index contributed by atoms with van der Waals surface area (Å²) >= 11 is 5.82. The zero-order valence-corrected chi connectivity index (χ0v) is 7.59. The molecule has 0 aromatic carbocycles. The molecule has 1 aromatic rings. The van der Waals surface area contributed by atoms with E-state index in [1.807, 2.05) is 13.0 Å². The molecule has 0 saturated heterocycles. The maximum absolute atomic E-state index is 8.60. The van der Waals surface area contributed by atoms with E-state index < -0.39 is 0 Å². The second kappa shape index (κ2) is 3.42. The van der Waals surface area contributed by atoms with E-state index in [0.717, 1.165) is 5.69 Å². The quantitative estimate of drug-likeness (QED) is 0.606. The lowest BCUT2D eigenvalue weighted by Gasteiger charge is -1.96. The Kier molecular flexibility index (Phi) is 2.51. The van der Waals surface area contributed by atoms with Gasteiger partial charge in [-0.2, -0.15) is 5.26 Å². The predicted molar refractivity (Wildman–Crippen MR) is 43.6 cm³/mol. The van der Waals surface area contributed by atoms with Gasteiger partial charge in [0.05, 0.1) is 0 Å². The summed E-state index contributed by atoms with van der Waals surface area (Å²) in [4.78, 5) is 4.95. The van der Waals surface area contributed by atoms with E-state index in [0.29, 0.717) is 10.6 Å². The highest BCUT2D eigenvalue weighted by atomic mass is 35.5. The molecule has 3 nitrogen and oxygen atoms in total. The summed E-state index contributed by atoms with van der Waals surface area (Å²) in [5, 5.41) is 9.12. The summed E-state index contributed by atoms with van der Waals surface area (Å²) in [5.41, 5.74) is 1.26. The lowest BCUT2D eigenvalue weighted by Crippen LogP contribution is -2.43. The molecule has 0 aliphatic carbocycles. The van der Waals surface area contributed by atoms with Crippen LogP contribution in [0, 0.1) is 18.3 Å². The Balaban J connectivity index is 3.31. The van der Waals surface area contributed by atoms with Gasteiger partial charge in [-0.05, 0) is 6.07 Å². The number of aromatic nitrogens is 1. The second-order valence-electron chi connectivity index (χ2n) is 2.28. The zero-order chi connectivity index (χ0) is 9.14. The molecule has 1 aromatic heterocycles. The van der Waals surface area contributed by atoms with Crippen LogP contribution >= 0.6 is 11.6 Å². The van der Waals surface area contributed by atoms with Gasteiger partial charge in [-0.3, -0.25) is 4.84 Å². The minimum Gasteiger partial charge on any atom is -0.274 e. The number of nitrogens with zero attached hydrogens (tertiary/aromatic N) is 2. The van der Waals surface area contributed by atoms with Crippen molar-refractivity contribution >= 4 is 11.6 Å². The fourth-order valence-electron chi connectivity index (χ4n) is 0.857. The van der Waals surface area contributed by atoms with E-state index in [-0.39, 0.29) is 0 Å². The maximum atomic E-state index is 8.60. The molecule has 0 fully saturated rings. The van der Waals surface area contributed by atoms with Crippen LogP contribution in [0.2, 0.25) is 5.02 Å². The Morgan fingerprint density at radius 3 is 2.83 bits per heavy atom. The van der Waals surface area contributed by atoms with Crippen molar-refractivity contribution < 1.29 is 9.57 Å². The summed E-state index contributed by atoms with van der Waals surface area (Å²) in [6.07, 6.45) is 1.58. The van der Waals surface area contributed by atoms with Crippen LogP contribution in [0.15, 0.2) is 12.3 Å². The highest BCUT2D eigenvalue weighted by Gasteiger charge is 2.13. The maximum Gasteiger partial charge on any atom is 0.249 e. The SMILES string of the molecule is CO[n+]1cc(C#N)cc(Cl)c1C. The number of halogens is 1. The molecule has 0 aliphatic heterocycles. The molecule has 1 heterocycles. The standard InChI is InChI=1S/C8H8ClN2O/c1-6-8(9)3-7(4-10)5-11(6)12-2/h3,5H,1-2H3/q+1. The number of hydrogen-bond acceptors (Lipinski definition) is 2. The largest absolute Gasteiger partial charge is 0.274 e. The molecule has 0 saturated carbocycles. The van der Waals surface area contributed by atoms with Gasteiger partial charge in [0.15, 0.2) is 0 Å². The summed E-state index contributed by atoms with van der Waals surface area (Å²) < 4.78 is 1.46. The van der Waals surface area contributed by atoms with Crippen molar-refractivity contribution in [3.63, 3.8) is 0 Å². The predicted octanol–water partition coefficient (Wildman–Crippen LogP) is 0.866.